The normalized spacial score (nSPS) is 10.5. The van der Waals surface area contributed by atoms with Gasteiger partial charge in [-0.05, 0) is 6.07 Å². The molecule has 0 aliphatic carbocycles. The van der Waals surface area contributed by atoms with E-state index in [1.54, 1.807) is 0 Å². The van der Waals surface area contributed by atoms with Crippen LogP contribution in [0.1, 0.15) is 22.3 Å². The third-order valence-electron chi connectivity index (χ3n) is 2.07. The molecule has 0 amide bonds. The first-order chi connectivity index (χ1) is 8.06. The largest absolute Gasteiger partial charge is 0.478 e. The molecule has 0 aliphatic rings. The number of aromatic carboxylic acids is 1. The number of carboxylic acids is 1. The fraction of sp³-hybridized carbons (Fsp3) is 0.167. The van der Waals surface area contributed by atoms with E-state index < -0.39 is 23.3 Å². The van der Waals surface area contributed by atoms with E-state index in [1.165, 1.54) is 37.5 Å². The predicted molar refractivity (Wildman–Crippen MR) is 59.0 cm³/mol. The molecule has 0 saturated heterocycles. The number of esters is 1. The fourth-order valence-corrected chi connectivity index (χ4v) is 1.21. The summed E-state index contributed by atoms with van der Waals surface area (Å²) in [5, 5.41) is 8.70. The van der Waals surface area contributed by atoms with Crippen molar-refractivity contribution in [2.24, 2.45) is 0 Å². The Bertz CT molecular complexity index is 466. The van der Waals surface area contributed by atoms with Crippen LogP contribution in [0.4, 0.5) is 4.39 Å². The number of carbonyl (C=O) groups is 2. The molecule has 0 heterocycles. The van der Waals surface area contributed by atoms with Crippen LogP contribution in [0.15, 0.2) is 24.3 Å². The summed E-state index contributed by atoms with van der Waals surface area (Å²) >= 11 is 0. The molecule has 0 atom stereocenters. The van der Waals surface area contributed by atoms with Gasteiger partial charge in [-0.1, -0.05) is 24.3 Å². The molecule has 1 aromatic rings. The molecule has 0 aliphatic heterocycles. The number of benzene rings is 1. The van der Waals surface area contributed by atoms with Crippen molar-refractivity contribution in [3.05, 3.63) is 41.2 Å². The smallest absolute Gasteiger partial charge is 0.338 e. The highest BCUT2D eigenvalue weighted by Crippen LogP contribution is 2.14. The maximum Gasteiger partial charge on any atom is 0.338 e. The molecule has 0 saturated carbocycles. The Hall–Kier alpha value is -2.17. The molecule has 17 heavy (non-hydrogen) atoms. The van der Waals surface area contributed by atoms with Crippen molar-refractivity contribution >= 4 is 18.0 Å². The lowest BCUT2D eigenvalue weighted by Gasteiger charge is -2.00. The number of rotatable bonds is 4. The highest BCUT2D eigenvalue weighted by atomic mass is 19.1. The van der Waals surface area contributed by atoms with Gasteiger partial charge in [0, 0.05) is 5.56 Å². The summed E-state index contributed by atoms with van der Waals surface area (Å²) in [6.07, 6.45) is 2.77. The van der Waals surface area contributed by atoms with E-state index in [9.17, 15) is 14.0 Å². The van der Waals surface area contributed by atoms with Gasteiger partial charge in [0.25, 0.3) is 0 Å². The van der Waals surface area contributed by atoms with E-state index in [0.29, 0.717) is 0 Å². The summed E-state index contributed by atoms with van der Waals surface area (Å²) in [6.45, 7) is 0. The Labute approximate surface area is 97.3 Å². The van der Waals surface area contributed by atoms with E-state index in [1.807, 2.05) is 0 Å². The minimum Gasteiger partial charge on any atom is -0.478 e. The molecule has 0 aromatic heterocycles. The van der Waals surface area contributed by atoms with E-state index in [4.69, 9.17) is 5.11 Å². The van der Waals surface area contributed by atoms with Crippen LogP contribution in [0.5, 0.6) is 0 Å². The molecule has 1 N–H and O–H groups in total. The predicted octanol–water partition coefficient (Wildman–Crippen LogP) is 2.10. The highest BCUT2D eigenvalue weighted by Gasteiger charge is 2.11. The zero-order valence-electron chi connectivity index (χ0n) is 9.14. The Morgan fingerprint density at radius 3 is 2.76 bits per heavy atom. The van der Waals surface area contributed by atoms with Crippen molar-refractivity contribution in [3.63, 3.8) is 0 Å². The maximum atomic E-state index is 13.6. The van der Waals surface area contributed by atoms with Crippen molar-refractivity contribution in [2.75, 3.05) is 7.11 Å². The average molecular weight is 238 g/mol. The van der Waals surface area contributed by atoms with E-state index >= 15 is 0 Å². The lowest BCUT2D eigenvalue weighted by molar-refractivity contribution is -0.139. The first-order valence-electron chi connectivity index (χ1n) is 4.81. The van der Waals surface area contributed by atoms with Crippen LogP contribution in [0.3, 0.4) is 0 Å². The molecule has 1 rings (SSSR count). The monoisotopic (exact) mass is 238 g/mol. The van der Waals surface area contributed by atoms with Crippen LogP contribution in [-0.4, -0.2) is 24.2 Å². The summed E-state index contributed by atoms with van der Waals surface area (Å²) in [7, 11) is 1.25. The van der Waals surface area contributed by atoms with Crippen molar-refractivity contribution in [1.82, 2.24) is 0 Å². The zero-order valence-corrected chi connectivity index (χ0v) is 9.14. The lowest BCUT2D eigenvalue weighted by atomic mass is 10.1. The van der Waals surface area contributed by atoms with Crippen molar-refractivity contribution in [2.45, 2.75) is 6.42 Å². The number of carbonyl (C=O) groups excluding carboxylic acids is 1. The number of hydrogen-bond donors (Lipinski definition) is 1. The fourth-order valence-electron chi connectivity index (χ4n) is 1.21. The summed E-state index contributed by atoms with van der Waals surface area (Å²) in [5.74, 6) is -2.59. The second-order valence-electron chi connectivity index (χ2n) is 3.20. The molecule has 0 radical (unpaired) electrons. The van der Waals surface area contributed by atoms with Crippen LogP contribution in [-0.2, 0) is 9.53 Å². The molecule has 4 nitrogen and oxygen atoms in total. The van der Waals surface area contributed by atoms with Gasteiger partial charge in [0.15, 0.2) is 0 Å². The van der Waals surface area contributed by atoms with Gasteiger partial charge in [0.2, 0.25) is 0 Å². The molecule has 0 fully saturated rings. The molecular formula is C12H11FO4. The van der Waals surface area contributed by atoms with Crippen LogP contribution < -0.4 is 0 Å². The van der Waals surface area contributed by atoms with Crippen molar-refractivity contribution < 1.29 is 23.8 Å². The van der Waals surface area contributed by atoms with Gasteiger partial charge in [0.1, 0.15) is 5.82 Å². The van der Waals surface area contributed by atoms with E-state index in [0.717, 1.165) is 0 Å². The highest BCUT2D eigenvalue weighted by molar-refractivity contribution is 5.88. The van der Waals surface area contributed by atoms with Crippen LogP contribution in [0.25, 0.3) is 6.08 Å². The van der Waals surface area contributed by atoms with Gasteiger partial charge in [-0.25, -0.2) is 9.18 Å². The molecule has 0 spiro atoms. The van der Waals surface area contributed by atoms with Gasteiger partial charge in [-0.3, -0.25) is 4.79 Å². The number of ether oxygens (including phenoxy) is 1. The Kier molecular flexibility index (Phi) is 4.39. The second kappa shape index (κ2) is 5.79. The first-order valence-corrected chi connectivity index (χ1v) is 4.81. The SMILES string of the molecule is COC(=O)CC=Cc1cccc(C(=O)O)c1F. The van der Waals surface area contributed by atoms with Crippen molar-refractivity contribution in [3.8, 4) is 0 Å². The number of methoxy groups -OCH3 is 1. The van der Waals surface area contributed by atoms with Crippen molar-refractivity contribution in [1.29, 1.82) is 0 Å². The molecule has 1 aromatic carbocycles. The average Bonchev–Trinajstić information content (AvgIpc) is 2.30. The summed E-state index contributed by atoms with van der Waals surface area (Å²) in [5.41, 5.74) is -0.279. The molecule has 5 heteroatoms. The summed E-state index contributed by atoms with van der Waals surface area (Å²) in [4.78, 5) is 21.5. The third-order valence-corrected chi connectivity index (χ3v) is 2.07. The Balaban J connectivity index is 2.89. The van der Waals surface area contributed by atoms with Gasteiger partial charge < -0.3 is 9.84 Å². The second-order valence-corrected chi connectivity index (χ2v) is 3.20. The van der Waals surface area contributed by atoms with Crippen LogP contribution in [0.2, 0.25) is 0 Å². The minimum atomic E-state index is -1.33. The zero-order chi connectivity index (χ0) is 12.8. The number of carboxylic acid groups (broad SMARTS) is 1. The van der Waals surface area contributed by atoms with E-state index in [2.05, 4.69) is 4.74 Å². The van der Waals surface area contributed by atoms with Crippen LogP contribution >= 0.6 is 0 Å². The topological polar surface area (TPSA) is 63.6 Å². The van der Waals surface area contributed by atoms with Gasteiger partial charge >= 0.3 is 11.9 Å². The molecular weight excluding hydrogens is 227 g/mol. The van der Waals surface area contributed by atoms with E-state index in [-0.39, 0.29) is 12.0 Å². The first kappa shape index (κ1) is 12.9. The summed E-state index contributed by atoms with van der Waals surface area (Å²) < 4.78 is 18.0. The Morgan fingerprint density at radius 1 is 1.47 bits per heavy atom. The quantitative estimate of drug-likeness (QED) is 0.816. The molecule has 90 valence electrons. The minimum absolute atomic E-state index is 0.00718. The lowest BCUT2D eigenvalue weighted by Crippen LogP contribution is -2.01. The number of hydrogen-bond acceptors (Lipinski definition) is 3. The molecule has 0 unspecified atom stereocenters. The van der Waals surface area contributed by atoms with Gasteiger partial charge in [-0.15, -0.1) is 0 Å². The summed E-state index contributed by atoms with van der Waals surface area (Å²) in [6, 6.07) is 4.04. The molecule has 0 bridgehead atoms. The Morgan fingerprint density at radius 2 is 2.18 bits per heavy atom. The van der Waals surface area contributed by atoms with Gasteiger partial charge in [-0.2, -0.15) is 0 Å². The standard InChI is InChI=1S/C12H11FO4/c1-17-10(14)7-3-5-8-4-2-6-9(11(8)13)12(15)16/h2-6H,7H2,1H3,(H,15,16). The third kappa shape index (κ3) is 3.41. The number of halogens is 1. The maximum absolute atomic E-state index is 13.6. The van der Waals surface area contributed by atoms with Gasteiger partial charge in [0.05, 0.1) is 19.1 Å². The van der Waals surface area contributed by atoms with Crippen LogP contribution in [0, 0.1) is 5.82 Å².